The van der Waals surface area contributed by atoms with Gasteiger partial charge in [0.1, 0.15) is 12.3 Å². The van der Waals surface area contributed by atoms with E-state index < -0.39 is 25.2 Å². The van der Waals surface area contributed by atoms with Gasteiger partial charge in [0.25, 0.3) is 5.91 Å². The van der Waals surface area contributed by atoms with Crippen LogP contribution in [0.15, 0.2) is 24.3 Å². The van der Waals surface area contributed by atoms with Gasteiger partial charge >= 0.3 is 6.18 Å². The topological polar surface area (TPSA) is 50.4 Å². The minimum atomic E-state index is -4.42. The number of amides is 1. The number of benzene rings is 1. The second-order valence-electron chi connectivity index (χ2n) is 4.23. The molecule has 1 aromatic rings. The molecule has 2 N–H and O–H groups in total. The first-order valence-corrected chi connectivity index (χ1v) is 6.06. The van der Waals surface area contributed by atoms with E-state index in [2.05, 4.69) is 5.32 Å². The molecule has 7 heteroatoms. The first-order chi connectivity index (χ1) is 9.33. The molecule has 0 fully saturated rings. The maximum atomic E-state index is 11.9. The molecule has 112 valence electrons. The van der Waals surface area contributed by atoms with Crippen LogP contribution in [0.25, 0.3) is 0 Å². The molecule has 20 heavy (non-hydrogen) atoms. The van der Waals surface area contributed by atoms with Gasteiger partial charge in [0.15, 0.2) is 6.61 Å². The molecule has 0 radical (unpaired) electrons. The SMILES string of the molecule is CNC(C)c1ccccc1OCC(=O)NCC(F)(F)F. The maximum absolute atomic E-state index is 11.9. The Morgan fingerprint density at radius 3 is 2.60 bits per heavy atom. The minimum absolute atomic E-state index is 0.00411. The summed E-state index contributed by atoms with van der Waals surface area (Å²) >= 11 is 0. The lowest BCUT2D eigenvalue weighted by molar-refractivity contribution is -0.139. The van der Waals surface area contributed by atoms with Crippen molar-refractivity contribution < 1.29 is 22.7 Å². The molecule has 0 aromatic heterocycles. The van der Waals surface area contributed by atoms with E-state index >= 15 is 0 Å². The van der Waals surface area contributed by atoms with Gasteiger partial charge in [0.05, 0.1) is 0 Å². The van der Waals surface area contributed by atoms with E-state index in [0.717, 1.165) is 5.56 Å². The molecular weight excluding hydrogens is 273 g/mol. The molecule has 0 aliphatic heterocycles. The number of rotatable bonds is 6. The Labute approximate surface area is 115 Å². The van der Waals surface area contributed by atoms with Gasteiger partial charge in [-0.15, -0.1) is 0 Å². The van der Waals surface area contributed by atoms with Crippen molar-refractivity contribution >= 4 is 5.91 Å². The second-order valence-corrected chi connectivity index (χ2v) is 4.23. The summed E-state index contributed by atoms with van der Waals surface area (Å²) < 4.78 is 41.1. The highest BCUT2D eigenvalue weighted by Crippen LogP contribution is 2.24. The molecule has 4 nitrogen and oxygen atoms in total. The third-order valence-electron chi connectivity index (χ3n) is 2.66. The van der Waals surface area contributed by atoms with Crippen LogP contribution in [0.4, 0.5) is 13.2 Å². The number of alkyl halides is 3. The highest BCUT2D eigenvalue weighted by Gasteiger charge is 2.27. The number of hydrogen-bond acceptors (Lipinski definition) is 3. The van der Waals surface area contributed by atoms with Crippen molar-refractivity contribution in [3.63, 3.8) is 0 Å². The Hall–Kier alpha value is -1.76. The van der Waals surface area contributed by atoms with E-state index in [9.17, 15) is 18.0 Å². The predicted octanol–water partition coefficient (Wildman–Crippen LogP) is 2.02. The summed E-state index contributed by atoms with van der Waals surface area (Å²) in [6.07, 6.45) is -4.42. The van der Waals surface area contributed by atoms with Gasteiger partial charge in [-0.05, 0) is 20.0 Å². The third kappa shape index (κ3) is 5.48. The van der Waals surface area contributed by atoms with Crippen molar-refractivity contribution in [2.24, 2.45) is 0 Å². The molecular formula is C13H17F3N2O2. The Kier molecular flexibility index (Phi) is 5.82. The minimum Gasteiger partial charge on any atom is -0.483 e. The average molecular weight is 290 g/mol. The summed E-state index contributed by atoms with van der Waals surface area (Å²) in [7, 11) is 1.78. The zero-order chi connectivity index (χ0) is 15.2. The molecule has 0 spiro atoms. The van der Waals surface area contributed by atoms with Gasteiger partial charge in [-0.25, -0.2) is 0 Å². The van der Waals surface area contributed by atoms with Crippen LogP contribution in [0, 0.1) is 0 Å². The first kappa shape index (κ1) is 16.3. The molecule has 1 atom stereocenters. The Bertz CT molecular complexity index is 449. The third-order valence-corrected chi connectivity index (χ3v) is 2.66. The Morgan fingerprint density at radius 2 is 2.00 bits per heavy atom. The lowest BCUT2D eigenvalue weighted by Gasteiger charge is -2.16. The average Bonchev–Trinajstić information content (AvgIpc) is 2.41. The largest absolute Gasteiger partial charge is 0.483 e. The fourth-order valence-electron chi connectivity index (χ4n) is 1.52. The van der Waals surface area contributed by atoms with E-state index in [4.69, 9.17) is 4.74 Å². The molecule has 0 saturated carbocycles. The molecule has 0 bridgehead atoms. The van der Waals surface area contributed by atoms with Crippen LogP contribution in [0.2, 0.25) is 0 Å². The smallest absolute Gasteiger partial charge is 0.405 e. The normalized spacial score (nSPS) is 12.8. The molecule has 1 rings (SSSR count). The van der Waals surface area contributed by atoms with E-state index in [1.54, 1.807) is 24.5 Å². The summed E-state index contributed by atoms with van der Waals surface area (Å²) in [6, 6.07) is 7.04. The number of ether oxygens (including phenoxy) is 1. The number of carbonyl (C=O) groups excluding carboxylic acids is 1. The maximum Gasteiger partial charge on any atom is 0.405 e. The van der Waals surface area contributed by atoms with Crippen molar-refractivity contribution in [1.29, 1.82) is 0 Å². The number of nitrogens with one attached hydrogen (secondary N) is 2. The van der Waals surface area contributed by atoms with Gasteiger partial charge in [0, 0.05) is 11.6 Å². The molecule has 1 unspecified atom stereocenters. The quantitative estimate of drug-likeness (QED) is 0.843. The van der Waals surface area contributed by atoms with Crippen LogP contribution in [0.5, 0.6) is 5.75 Å². The summed E-state index contributed by atoms with van der Waals surface area (Å²) in [5, 5.41) is 4.78. The zero-order valence-electron chi connectivity index (χ0n) is 11.3. The summed E-state index contributed by atoms with van der Waals surface area (Å²) in [5.74, 6) is -0.342. The highest BCUT2D eigenvalue weighted by atomic mass is 19.4. The monoisotopic (exact) mass is 290 g/mol. The van der Waals surface area contributed by atoms with Gasteiger partial charge in [-0.1, -0.05) is 18.2 Å². The van der Waals surface area contributed by atoms with E-state index in [1.807, 2.05) is 19.1 Å². The summed E-state index contributed by atoms with van der Waals surface area (Å²) in [6.45, 7) is 0.0964. The molecule has 0 heterocycles. The van der Waals surface area contributed by atoms with Crippen molar-refractivity contribution in [2.45, 2.75) is 19.1 Å². The zero-order valence-corrected chi connectivity index (χ0v) is 11.3. The number of para-hydroxylation sites is 1. The van der Waals surface area contributed by atoms with Crippen molar-refractivity contribution in [2.75, 3.05) is 20.2 Å². The molecule has 0 aliphatic carbocycles. The Balaban J connectivity index is 2.55. The molecule has 0 saturated heterocycles. The van der Waals surface area contributed by atoms with Crippen LogP contribution >= 0.6 is 0 Å². The fraction of sp³-hybridized carbons (Fsp3) is 0.462. The van der Waals surface area contributed by atoms with Gasteiger partial charge in [-0.3, -0.25) is 4.79 Å². The second kappa shape index (κ2) is 7.14. The van der Waals surface area contributed by atoms with Crippen LogP contribution in [0.3, 0.4) is 0 Å². The highest BCUT2D eigenvalue weighted by molar-refractivity contribution is 5.77. The predicted molar refractivity (Wildman–Crippen MR) is 68.5 cm³/mol. The first-order valence-electron chi connectivity index (χ1n) is 6.06. The lowest BCUT2D eigenvalue weighted by atomic mass is 10.1. The molecule has 0 aliphatic rings. The van der Waals surface area contributed by atoms with E-state index in [-0.39, 0.29) is 6.04 Å². The summed E-state index contributed by atoms with van der Waals surface area (Å²) in [4.78, 5) is 11.3. The van der Waals surface area contributed by atoms with E-state index in [1.165, 1.54) is 0 Å². The Morgan fingerprint density at radius 1 is 1.35 bits per heavy atom. The van der Waals surface area contributed by atoms with Crippen LogP contribution in [-0.2, 0) is 4.79 Å². The van der Waals surface area contributed by atoms with Crippen LogP contribution < -0.4 is 15.4 Å². The van der Waals surface area contributed by atoms with Crippen molar-refractivity contribution in [1.82, 2.24) is 10.6 Å². The number of hydrogen-bond donors (Lipinski definition) is 2. The van der Waals surface area contributed by atoms with Gasteiger partial charge in [-0.2, -0.15) is 13.2 Å². The number of halogens is 3. The molecule has 1 amide bonds. The van der Waals surface area contributed by atoms with Gasteiger partial charge < -0.3 is 15.4 Å². The number of carbonyl (C=O) groups is 1. The van der Waals surface area contributed by atoms with Crippen LogP contribution in [0.1, 0.15) is 18.5 Å². The molecule has 1 aromatic carbocycles. The van der Waals surface area contributed by atoms with E-state index in [0.29, 0.717) is 5.75 Å². The van der Waals surface area contributed by atoms with Crippen molar-refractivity contribution in [3.8, 4) is 5.75 Å². The standard InChI is InChI=1S/C13H17F3N2O2/c1-9(17-2)10-5-3-4-6-11(10)20-7-12(19)18-8-13(14,15)16/h3-6,9,17H,7-8H2,1-2H3,(H,18,19). The lowest BCUT2D eigenvalue weighted by Crippen LogP contribution is -2.36. The summed E-state index contributed by atoms with van der Waals surface area (Å²) in [5.41, 5.74) is 0.832. The van der Waals surface area contributed by atoms with Crippen LogP contribution in [-0.4, -0.2) is 32.3 Å². The van der Waals surface area contributed by atoms with Crippen molar-refractivity contribution in [3.05, 3.63) is 29.8 Å². The fourth-order valence-corrected chi connectivity index (χ4v) is 1.52. The van der Waals surface area contributed by atoms with Gasteiger partial charge in [0.2, 0.25) is 0 Å².